The summed E-state index contributed by atoms with van der Waals surface area (Å²) in [7, 11) is 0. The summed E-state index contributed by atoms with van der Waals surface area (Å²) in [4.78, 5) is 13.4. The number of hydrogen-bond acceptors (Lipinski definition) is 6. The van der Waals surface area contributed by atoms with Gasteiger partial charge < -0.3 is 15.7 Å². The zero-order valence-corrected chi connectivity index (χ0v) is 15.0. The van der Waals surface area contributed by atoms with Crippen LogP contribution >= 0.6 is 0 Å². The van der Waals surface area contributed by atoms with Crippen LogP contribution in [-0.4, -0.2) is 32.7 Å². The molecule has 6 heteroatoms. The fourth-order valence-electron chi connectivity index (χ4n) is 2.53. The van der Waals surface area contributed by atoms with E-state index in [9.17, 15) is 5.11 Å². The minimum absolute atomic E-state index is 0.00320. The van der Waals surface area contributed by atoms with Gasteiger partial charge in [0, 0.05) is 24.8 Å². The van der Waals surface area contributed by atoms with Crippen LogP contribution in [0.4, 0.5) is 11.8 Å². The van der Waals surface area contributed by atoms with Gasteiger partial charge in [-0.1, -0.05) is 35.9 Å². The monoisotopic (exact) mass is 349 g/mol. The lowest BCUT2D eigenvalue weighted by Crippen LogP contribution is -2.21. The van der Waals surface area contributed by atoms with Gasteiger partial charge >= 0.3 is 0 Å². The minimum Gasteiger partial charge on any atom is -0.394 e. The molecule has 0 saturated heterocycles. The second kappa shape index (κ2) is 8.40. The van der Waals surface area contributed by atoms with Crippen molar-refractivity contribution in [3.8, 4) is 11.4 Å². The van der Waals surface area contributed by atoms with Crippen molar-refractivity contribution in [1.29, 1.82) is 0 Å². The average molecular weight is 349 g/mol. The molecule has 0 aliphatic rings. The molecule has 0 saturated carbocycles. The maximum atomic E-state index is 9.28. The Bertz CT molecular complexity index is 854. The topological polar surface area (TPSA) is 83.0 Å². The number of nitrogens with one attached hydrogen (secondary N) is 2. The third-order valence-corrected chi connectivity index (χ3v) is 3.86. The van der Waals surface area contributed by atoms with Gasteiger partial charge in [-0.3, -0.25) is 4.98 Å². The lowest BCUT2D eigenvalue weighted by atomic mass is 10.1. The Kier molecular flexibility index (Phi) is 5.76. The molecule has 3 N–H and O–H groups in total. The summed E-state index contributed by atoms with van der Waals surface area (Å²) in [5, 5.41) is 15.7. The molecule has 0 amide bonds. The molecule has 26 heavy (non-hydrogen) atoms. The van der Waals surface area contributed by atoms with E-state index in [0.717, 1.165) is 11.4 Å². The molecule has 3 rings (SSSR count). The van der Waals surface area contributed by atoms with Crippen molar-refractivity contribution >= 4 is 11.8 Å². The van der Waals surface area contributed by atoms with Crippen molar-refractivity contribution < 1.29 is 5.11 Å². The minimum atomic E-state index is -0.140. The van der Waals surface area contributed by atoms with Crippen LogP contribution in [0.5, 0.6) is 0 Å². The highest BCUT2D eigenvalue weighted by molar-refractivity contribution is 5.61. The van der Waals surface area contributed by atoms with Gasteiger partial charge in [-0.05, 0) is 31.5 Å². The highest BCUT2D eigenvalue weighted by Crippen LogP contribution is 2.20. The van der Waals surface area contributed by atoms with Crippen LogP contribution in [0.15, 0.2) is 54.7 Å². The first kappa shape index (κ1) is 17.8. The molecule has 0 fully saturated rings. The highest BCUT2D eigenvalue weighted by Gasteiger charge is 2.10. The molecule has 0 aliphatic heterocycles. The van der Waals surface area contributed by atoms with Crippen LogP contribution in [0, 0.1) is 6.92 Å². The summed E-state index contributed by atoms with van der Waals surface area (Å²) in [6.45, 7) is 4.61. The average Bonchev–Trinajstić information content (AvgIpc) is 2.67. The first-order valence-electron chi connectivity index (χ1n) is 8.61. The summed E-state index contributed by atoms with van der Waals surface area (Å²) in [6.07, 6.45) is 1.74. The Labute approximate surface area is 153 Å². The molecule has 6 nitrogen and oxygen atoms in total. The number of rotatable bonds is 7. The zero-order valence-electron chi connectivity index (χ0n) is 15.0. The molecule has 2 heterocycles. The van der Waals surface area contributed by atoms with Gasteiger partial charge in [0.1, 0.15) is 5.82 Å². The number of aliphatic hydroxyl groups is 1. The Morgan fingerprint density at radius 1 is 1.04 bits per heavy atom. The van der Waals surface area contributed by atoms with Gasteiger partial charge in [-0.25, -0.2) is 4.98 Å². The number of aliphatic hydroxyl groups excluding tert-OH is 1. The molecule has 1 atom stereocenters. The van der Waals surface area contributed by atoms with Crippen LogP contribution in [-0.2, 0) is 6.54 Å². The number of anilines is 2. The molecular weight excluding hydrogens is 326 g/mol. The third-order valence-electron chi connectivity index (χ3n) is 3.86. The Morgan fingerprint density at radius 2 is 1.92 bits per heavy atom. The second-order valence-corrected chi connectivity index (χ2v) is 6.25. The van der Waals surface area contributed by atoms with Gasteiger partial charge in [-0.2, -0.15) is 4.98 Å². The molecule has 0 radical (unpaired) electrons. The summed E-state index contributed by atoms with van der Waals surface area (Å²) in [6, 6.07) is 15.8. The van der Waals surface area contributed by atoms with E-state index >= 15 is 0 Å². The van der Waals surface area contributed by atoms with Crippen molar-refractivity contribution in [3.05, 3.63) is 65.9 Å². The van der Waals surface area contributed by atoms with Crippen molar-refractivity contribution in [1.82, 2.24) is 15.0 Å². The molecule has 134 valence electrons. The Morgan fingerprint density at radius 3 is 2.65 bits per heavy atom. The van der Waals surface area contributed by atoms with E-state index in [-0.39, 0.29) is 12.6 Å². The Balaban J connectivity index is 1.86. The smallest absolute Gasteiger partial charge is 0.225 e. The fourth-order valence-corrected chi connectivity index (χ4v) is 2.53. The second-order valence-electron chi connectivity index (χ2n) is 6.25. The van der Waals surface area contributed by atoms with Crippen molar-refractivity contribution in [3.63, 3.8) is 0 Å². The standard InChI is InChI=1S/C20H23N5O/c1-14-6-5-7-16(10-14)12-22-19-11-18(17-8-3-4-9-21-17)24-20(25-19)23-15(2)13-26/h3-11,15,26H,12-13H2,1-2H3,(H2,22,23,24,25)/t15-/m1/s1. The van der Waals surface area contributed by atoms with Gasteiger partial charge in [0.2, 0.25) is 5.95 Å². The van der Waals surface area contributed by atoms with Crippen molar-refractivity contribution in [2.24, 2.45) is 0 Å². The lowest BCUT2D eigenvalue weighted by Gasteiger charge is -2.14. The third kappa shape index (κ3) is 4.77. The van der Waals surface area contributed by atoms with Crippen LogP contribution in [0.3, 0.4) is 0 Å². The van der Waals surface area contributed by atoms with E-state index < -0.39 is 0 Å². The molecule has 0 aliphatic carbocycles. The lowest BCUT2D eigenvalue weighted by molar-refractivity contribution is 0.281. The highest BCUT2D eigenvalue weighted by atomic mass is 16.3. The van der Waals surface area contributed by atoms with Gasteiger partial charge in [0.25, 0.3) is 0 Å². The fraction of sp³-hybridized carbons (Fsp3) is 0.250. The van der Waals surface area contributed by atoms with Crippen LogP contribution < -0.4 is 10.6 Å². The van der Waals surface area contributed by atoms with Crippen molar-refractivity contribution in [2.45, 2.75) is 26.4 Å². The number of benzene rings is 1. The molecule has 0 spiro atoms. The number of hydrogen-bond donors (Lipinski definition) is 3. The molecule has 0 bridgehead atoms. The predicted molar refractivity (Wildman–Crippen MR) is 104 cm³/mol. The number of aryl methyl sites for hydroxylation is 1. The van der Waals surface area contributed by atoms with Crippen molar-refractivity contribution in [2.75, 3.05) is 17.2 Å². The van der Waals surface area contributed by atoms with E-state index in [0.29, 0.717) is 18.3 Å². The SMILES string of the molecule is Cc1cccc(CNc2cc(-c3ccccn3)nc(N[C@H](C)CO)n2)c1. The zero-order chi connectivity index (χ0) is 18.4. The van der Waals surface area contributed by atoms with E-state index in [1.807, 2.05) is 37.3 Å². The van der Waals surface area contributed by atoms with E-state index in [2.05, 4.69) is 50.7 Å². The Hall–Kier alpha value is -2.99. The summed E-state index contributed by atoms with van der Waals surface area (Å²) >= 11 is 0. The number of aromatic nitrogens is 3. The predicted octanol–water partition coefficient (Wildman–Crippen LogP) is 3.25. The van der Waals surface area contributed by atoms with Crippen LogP contribution in [0.25, 0.3) is 11.4 Å². The van der Waals surface area contributed by atoms with Crippen LogP contribution in [0.1, 0.15) is 18.1 Å². The maximum absolute atomic E-state index is 9.28. The van der Waals surface area contributed by atoms with Gasteiger partial charge in [0.05, 0.1) is 18.0 Å². The largest absolute Gasteiger partial charge is 0.394 e. The molecule has 1 aromatic carbocycles. The maximum Gasteiger partial charge on any atom is 0.225 e. The van der Waals surface area contributed by atoms with Gasteiger partial charge in [-0.15, -0.1) is 0 Å². The first-order chi connectivity index (χ1) is 12.6. The van der Waals surface area contributed by atoms with E-state index in [1.165, 1.54) is 11.1 Å². The van der Waals surface area contributed by atoms with E-state index in [1.54, 1.807) is 6.20 Å². The summed E-state index contributed by atoms with van der Waals surface area (Å²) < 4.78 is 0. The molecule has 0 unspecified atom stereocenters. The number of nitrogens with zero attached hydrogens (tertiary/aromatic N) is 3. The first-order valence-corrected chi connectivity index (χ1v) is 8.61. The molecular formula is C20H23N5O. The summed E-state index contributed by atoms with van der Waals surface area (Å²) in [5.41, 5.74) is 3.90. The quantitative estimate of drug-likeness (QED) is 0.607. The summed E-state index contributed by atoms with van der Waals surface area (Å²) in [5.74, 6) is 1.16. The number of pyridine rings is 1. The molecule has 3 aromatic rings. The van der Waals surface area contributed by atoms with E-state index in [4.69, 9.17) is 0 Å². The molecule has 2 aromatic heterocycles. The van der Waals surface area contributed by atoms with Crippen LogP contribution in [0.2, 0.25) is 0 Å². The normalized spacial score (nSPS) is 11.8. The van der Waals surface area contributed by atoms with Gasteiger partial charge in [0.15, 0.2) is 0 Å².